The average Bonchev–Trinajstić information content (AvgIpc) is 3.19. The minimum absolute atomic E-state index is 0.0636. The molecule has 0 bridgehead atoms. The Labute approximate surface area is 164 Å². The first kappa shape index (κ1) is 20.1. The Hall–Kier alpha value is -2.68. The van der Waals surface area contributed by atoms with Gasteiger partial charge < -0.3 is 18.8 Å². The lowest BCUT2D eigenvalue weighted by molar-refractivity contribution is -0.130. The van der Waals surface area contributed by atoms with Gasteiger partial charge >= 0.3 is 0 Å². The smallest absolute Gasteiger partial charge is 0.276 e. The monoisotopic (exact) mass is 389 g/mol. The highest BCUT2D eigenvalue weighted by atomic mass is 16.5. The number of rotatable bonds is 5. The largest absolute Gasteiger partial charge is 0.361 e. The van der Waals surface area contributed by atoms with Gasteiger partial charge in [0.15, 0.2) is 5.69 Å². The molecule has 1 fully saturated rings. The summed E-state index contributed by atoms with van der Waals surface area (Å²) in [5, 5.41) is 8.01. The van der Waals surface area contributed by atoms with E-state index in [-0.39, 0.29) is 11.8 Å². The van der Waals surface area contributed by atoms with E-state index in [4.69, 9.17) is 9.05 Å². The minimum Gasteiger partial charge on any atom is -0.361 e. The van der Waals surface area contributed by atoms with Gasteiger partial charge in [-0.2, -0.15) is 0 Å². The van der Waals surface area contributed by atoms with Crippen molar-refractivity contribution in [1.82, 2.24) is 25.0 Å². The molecule has 152 valence electrons. The molecule has 0 spiro atoms. The summed E-state index contributed by atoms with van der Waals surface area (Å²) in [7, 11) is 3.49. The highest BCUT2D eigenvalue weighted by Crippen LogP contribution is 2.23. The van der Waals surface area contributed by atoms with Gasteiger partial charge in [-0.3, -0.25) is 14.5 Å². The lowest BCUT2D eigenvalue weighted by atomic mass is 10.0. The highest BCUT2D eigenvalue weighted by molar-refractivity contribution is 5.94. The van der Waals surface area contributed by atoms with Crippen molar-refractivity contribution in [2.75, 3.05) is 46.8 Å². The van der Waals surface area contributed by atoms with Crippen LogP contribution in [0, 0.1) is 20.8 Å². The number of carbonyl (C=O) groups excluding carboxylic acids is 2. The summed E-state index contributed by atoms with van der Waals surface area (Å²) in [5.74, 6) is 1.28. The molecule has 3 rings (SSSR count). The Morgan fingerprint density at radius 2 is 1.57 bits per heavy atom. The van der Waals surface area contributed by atoms with E-state index in [1.165, 1.54) is 0 Å². The summed E-state index contributed by atoms with van der Waals surface area (Å²) >= 11 is 0. The lowest BCUT2D eigenvalue weighted by Gasteiger charge is -2.34. The second-order valence-electron chi connectivity index (χ2n) is 7.40. The molecule has 0 radical (unpaired) electrons. The number of nitrogens with zero attached hydrogens (tertiary/aromatic N) is 5. The van der Waals surface area contributed by atoms with Crippen LogP contribution in [0.2, 0.25) is 0 Å². The zero-order chi connectivity index (χ0) is 20.4. The molecule has 2 aromatic heterocycles. The Bertz CT molecular complexity index is 842. The van der Waals surface area contributed by atoms with Crippen molar-refractivity contribution >= 4 is 11.8 Å². The Morgan fingerprint density at radius 1 is 0.964 bits per heavy atom. The standard InChI is InChI=1S/C19H27N5O4/c1-12-15(13(2)27-20-12)10-16-14(3)28-21-18(16)19(26)24-8-6-23(7-9-24)11-17(25)22(4)5/h6-11H2,1-5H3. The summed E-state index contributed by atoms with van der Waals surface area (Å²) in [6.45, 7) is 8.32. The maximum absolute atomic E-state index is 13.0. The second-order valence-corrected chi connectivity index (χ2v) is 7.40. The molecule has 9 heteroatoms. The lowest BCUT2D eigenvalue weighted by Crippen LogP contribution is -2.51. The fourth-order valence-corrected chi connectivity index (χ4v) is 3.29. The van der Waals surface area contributed by atoms with E-state index in [0.717, 1.165) is 22.6 Å². The van der Waals surface area contributed by atoms with Gasteiger partial charge in [0.05, 0.1) is 12.2 Å². The zero-order valence-corrected chi connectivity index (χ0v) is 17.1. The van der Waals surface area contributed by atoms with Gasteiger partial charge in [-0.15, -0.1) is 0 Å². The molecule has 2 amide bonds. The number of aryl methyl sites for hydroxylation is 3. The summed E-state index contributed by atoms with van der Waals surface area (Å²) in [6, 6.07) is 0. The van der Waals surface area contributed by atoms with Crippen LogP contribution in [0.5, 0.6) is 0 Å². The summed E-state index contributed by atoms with van der Waals surface area (Å²) in [5.41, 5.74) is 2.86. The Kier molecular flexibility index (Phi) is 5.83. The minimum atomic E-state index is -0.141. The summed E-state index contributed by atoms with van der Waals surface area (Å²) in [4.78, 5) is 30.3. The first-order chi connectivity index (χ1) is 13.3. The van der Waals surface area contributed by atoms with E-state index < -0.39 is 0 Å². The second kappa shape index (κ2) is 8.14. The molecule has 0 atom stereocenters. The number of amides is 2. The van der Waals surface area contributed by atoms with E-state index in [2.05, 4.69) is 15.2 Å². The first-order valence-electron chi connectivity index (χ1n) is 9.36. The van der Waals surface area contributed by atoms with Gasteiger partial charge in [-0.25, -0.2) is 0 Å². The van der Waals surface area contributed by atoms with E-state index in [0.29, 0.717) is 50.6 Å². The van der Waals surface area contributed by atoms with Crippen LogP contribution in [0.3, 0.4) is 0 Å². The molecule has 2 aromatic rings. The number of likely N-dealkylation sites (N-methyl/N-ethyl adjacent to an activating group) is 1. The molecule has 0 aliphatic carbocycles. The number of carbonyl (C=O) groups is 2. The fraction of sp³-hybridized carbons (Fsp3) is 0.579. The predicted molar refractivity (Wildman–Crippen MR) is 101 cm³/mol. The van der Waals surface area contributed by atoms with E-state index >= 15 is 0 Å². The number of hydrogen-bond acceptors (Lipinski definition) is 7. The molecule has 28 heavy (non-hydrogen) atoms. The van der Waals surface area contributed by atoms with Crippen LogP contribution in [-0.4, -0.2) is 83.6 Å². The number of hydrogen-bond donors (Lipinski definition) is 0. The predicted octanol–water partition coefficient (Wildman–Crippen LogP) is 1.02. The summed E-state index contributed by atoms with van der Waals surface area (Å²) in [6.07, 6.45) is 0.495. The van der Waals surface area contributed by atoms with E-state index in [9.17, 15) is 9.59 Å². The maximum atomic E-state index is 13.0. The Morgan fingerprint density at radius 3 is 2.14 bits per heavy atom. The van der Waals surface area contributed by atoms with Gasteiger partial charge in [0.1, 0.15) is 11.5 Å². The van der Waals surface area contributed by atoms with Crippen molar-refractivity contribution in [1.29, 1.82) is 0 Å². The van der Waals surface area contributed by atoms with Crippen molar-refractivity contribution in [3.05, 3.63) is 34.0 Å². The van der Waals surface area contributed by atoms with Crippen LogP contribution < -0.4 is 0 Å². The van der Waals surface area contributed by atoms with Gasteiger partial charge in [0.25, 0.3) is 5.91 Å². The molecule has 1 aliphatic heterocycles. The molecule has 0 unspecified atom stereocenters. The molecule has 0 saturated carbocycles. The van der Waals surface area contributed by atoms with Gasteiger partial charge in [0.2, 0.25) is 5.91 Å². The van der Waals surface area contributed by atoms with E-state index in [1.54, 1.807) is 23.9 Å². The third kappa shape index (κ3) is 4.09. The normalized spacial score (nSPS) is 15.1. The molecule has 1 saturated heterocycles. The zero-order valence-electron chi connectivity index (χ0n) is 17.1. The van der Waals surface area contributed by atoms with Gasteiger partial charge in [0, 0.05) is 57.8 Å². The van der Waals surface area contributed by atoms with Crippen LogP contribution >= 0.6 is 0 Å². The molecule has 1 aliphatic rings. The maximum Gasteiger partial charge on any atom is 0.276 e. The van der Waals surface area contributed by atoms with Crippen LogP contribution in [0.4, 0.5) is 0 Å². The van der Waals surface area contributed by atoms with Crippen molar-refractivity contribution < 1.29 is 18.6 Å². The van der Waals surface area contributed by atoms with Crippen molar-refractivity contribution in [3.8, 4) is 0 Å². The number of aromatic nitrogens is 2. The first-order valence-corrected chi connectivity index (χ1v) is 9.36. The van der Waals surface area contributed by atoms with E-state index in [1.807, 2.05) is 20.8 Å². The molecule has 9 nitrogen and oxygen atoms in total. The van der Waals surface area contributed by atoms with Crippen LogP contribution in [0.1, 0.15) is 38.8 Å². The third-order valence-corrected chi connectivity index (χ3v) is 5.24. The highest BCUT2D eigenvalue weighted by Gasteiger charge is 2.29. The topological polar surface area (TPSA) is 95.9 Å². The van der Waals surface area contributed by atoms with Crippen molar-refractivity contribution in [2.45, 2.75) is 27.2 Å². The Balaban J connectivity index is 1.68. The third-order valence-electron chi connectivity index (χ3n) is 5.24. The molecule has 0 aromatic carbocycles. The van der Waals surface area contributed by atoms with Crippen LogP contribution in [-0.2, 0) is 11.2 Å². The summed E-state index contributed by atoms with van der Waals surface area (Å²) < 4.78 is 10.6. The average molecular weight is 389 g/mol. The van der Waals surface area contributed by atoms with Crippen molar-refractivity contribution in [2.24, 2.45) is 0 Å². The van der Waals surface area contributed by atoms with Gasteiger partial charge in [-0.1, -0.05) is 10.3 Å². The molecule has 3 heterocycles. The van der Waals surface area contributed by atoms with Crippen LogP contribution in [0.25, 0.3) is 0 Å². The number of piperazine rings is 1. The fourth-order valence-electron chi connectivity index (χ4n) is 3.29. The SMILES string of the molecule is Cc1noc(C)c1Cc1c(C(=O)N2CCN(CC(=O)N(C)C)CC2)noc1C. The van der Waals surface area contributed by atoms with Gasteiger partial charge in [-0.05, 0) is 20.8 Å². The molecule has 0 N–H and O–H groups in total. The van der Waals surface area contributed by atoms with Crippen molar-refractivity contribution in [3.63, 3.8) is 0 Å². The molecular weight excluding hydrogens is 362 g/mol. The molecular formula is C19H27N5O4. The van der Waals surface area contributed by atoms with Crippen LogP contribution in [0.15, 0.2) is 9.05 Å². The quantitative estimate of drug-likeness (QED) is 0.753.